The summed E-state index contributed by atoms with van der Waals surface area (Å²) in [6, 6.07) is 14.5. The van der Waals surface area contributed by atoms with Crippen molar-refractivity contribution in [2.24, 2.45) is 0 Å². The van der Waals surface area contributed by atoms with Gasteiger partial charge in [0.15, 0.2) is 0 Å². The average molecular weight is 375 g/mol. The van der Waals surface area contributed by atoms with Crippen LogP contribution in [0.25, 0.3) is 0 Å². The second-order valence-corrected chi connectivity index (χ2v) is 8.64. The highest BCUT2D eigenvalue weighted by Gasteiger charge is 2.26. The molecule has 26 heavy (non-hydrogen) atoms. The van der Waals surface area contributed by atoms with Crippen LogP contribution in [0.2, 0.25) is 0 Å². The van der Waals surface area contributed by atoms with Crippen molar-refractivity contribution in [2.75, 3.05) is 20.6 Å². The molecule has 0 N–H and O–H groups in total. The van der Waals surface area contributed by atoms with E-state index in [2.05, 4.69) is 0 Å². The predicted molar refractivity (Wildman–Crippen MR) is 103 cm³/mol. The van der Waals surface area contributed by atoms with Crippen LogP contribution in [0.15, 0.2) is 53.4 Å². The number of likely N-dealkylation sites (N-methyl/N-ethyl adjacent to an activating group) is 2. The van der Waals surface area contributed by atoms with Gasteiger partial charge in [-0.2, -0.15) is 4.31 Å². The summed E-state index contributed by atoms with van der Waals surface area (Å²) in [5.41, 5.74) is 2.93. The van der Waals surface area contributed by atoms with E-state index >= 15 is 0 Å². The maximum Gasteiger partial charge on any atom is 0.243 e. The maximum absolute atomic E-state index is 12.7. The number of sulfonamides is 1. The summed E-state index contributed by atoms with van der Waals surface area (Å²) in [4.78, 5) is 14.4. The molecule has 0 bridgehead atoms. The first-order valence-electron chi connectivity index (χ1n) is 8.48. The molecule has 5 nitrogen and oxygen atoms in total. The first-order chi connectivity index (χ1) is 12.1. The van der Waals surface area contributed by atoms with Crippen LogP contribution in [0.4, 0.5) is 0 Å². The minimum Gasteiger partial charge on any atom is -0.338 e. The van der Waals surface area contributed by atoms with Gasteiger partial charge in [0.25, 0.3) is 0 Å². The molecule has 2 aromatic rings. The highest BCUT2D eigenvalue weighted by Crippen LogP contribution is 2.21. The van der Waals surface area contributed by atoms with Crippen LogP contribution >= 0.6 is 0 Å². The molecule has 0 fully saturated rings. The Labute approximate surface area is 156 Å². The number of carbonyl (C=O) groups is 1. The van der Waals surface area contributed by atoms with Gasteiger partial charge in [0, 0.05) is 14.1 Å². The van der Waals surface area contributed by atoms with Crippen molar-refractivity contribution in [3.05, 3.63) is 65.2 Å². The number of rotatable bonds is 6. The van der Waals surface area contributed by atoms with Crippen molar-refractivity contribution in [1.29, 1.82) is 0 Å². The number of hydrogen-bond donors (Lipinski definition) is 0. The van der Waals surface area contributed by atoms with Crippen LogP contribution in [0, 0.1) is 13.8 Å². The molecule has 0 aliphatic rings. The lowest BCUT2D eigenvalue weighted by Crippen LogP contribution is -2.40. The first kappa shape index (κ1) is 20.1. The van der Waals surface area contributed by atoms with Crippen LogP contribution in [0.5, 0.6) is 0 Å². The fraction of sp³-hybridized carbons (Fsp3) is 0.350. The zero-order valence-electron chi connectivity index (χ0n) is 15.9. The summed E-state index contributed by atoms with van der Waals surface area (Å²) < 4.78 is 26.6. The Bertz CT molecular complexity index is 879. The van der Waals surface area contributed by atoms with Crippen molar-refractivity contribution in [3.63, 3.8) is 0 Å². The molecule has 0 spiro atoms. The molecular weight excluding hydrogens is 348 g/mol. The molecule has 0 saturated heterocycles. The molecule has 0 aliphatic heterocycles. The van der Waals surface area contributed by atoms with E-state index in [9.17, 15) is 13.2 Å². The van der Waals surface area contributed by atoms with E-state index in [-0.39, 0.29) is 23.4 Å². The van der Waals surface area contributed by atoms with Gasteiger partial charge in [-0.25, -0.2) is 8.42 Å². The van der Waals surface area contributed by atoms with Gasteiger partial charge in [-0.15, -0.1) is 0 Å². The number of carbonyl (C=O) groups excluding carboxylic acids is 1. The Hall–Kier alpha value is -2.18. The second-order valence-electron chi connectivity index (χ2n) is 6.60. The summed E-state index contributed by atoms with van der Waals surface area (Å²) in [6.07, 6.45) is 0. The standard InChI is InChI=1S/C20H26N2O3S/c1-15-11-12-19(13-16(15)2)26(24,25)21(4)14-20(23)22(5)17(3)18-9-7-6-8-10-18/h6-13,17H,14H2,1-5H3. The quantitative estimate of drug-likeness (QED) is 0.780. The lowest BCUT2D eigenvalue weighted by Gasteiger charge is -2.27. The summed E-state index contributed by atoms with van der Waals surface area (Å²) in [5, 5.41) is 0. The molecule has 140 valence electrons. The van der Waals surface area contributed by atoms with Crippen LogP contribution < -0.4 is 0 Å². The predicted octanol–water partition coefficient (Wildman–Crippen LogP) is 3.14. The third-order valence-electron chi connectivity index (χ3n) is 4.80. The largest absolute Gasteiger partial charge is 0.338 e. The molecule has 6 heteroatoms. The van der Waals surface area contributed by atoms with Crippen molar-refractivity contribution < 1.29 is 13.2 Å². The van der Waals surface area contributed by atoms with E-state index in [0.717, 1.165) is 21.0 Å². The molecule has 0 radical (unpaired) electrons. The van der Waals surface area contributed by atoms with Gasteiger partial charge in [-0.05, 0) is 49.6 Å². The summed E-state index contributed by atoms with van der Waals surface area (Å²) >= 11 is 0. The van der Waals surface area contributed by atoms with Crippen molar-refractivity contribution in [3.8, 4) is 0 Å². The van der Waals surface area contributed by atoms with Crippen molar-refractivity contribution in [2.45, 2.75) is 31.7 Å². The molecule has 1 unspecified atom stereocenters. The molecule has 0 aromatic heterocycles. The van der Waals surface area contributed by atoms with Crippen LogP contribution in [-0.2, 0) is 14.8 Å². The van der Waals surface area contributed by atoms with Gasteiger partial charge in [-0.1, -0.05) is 36.4 Å². The lowest BCUT2D eigenvalue weighted by molar-refractivity contribution is -0.131. The SMILES string of the molecule is Cc1ccc(S(=O)(=O)N(C)CC(=O)N(C)C(C)c2ccccc2)cc1C. The Balaban J connectivity index is 2.13. The summed E-state index contributed by atoms with van der Waals surface area (Å²) in [7, 11) is -0.586. The Morgan fingerprint density at radius 1 is 1.00 bits per heavy atom. The first-order valence-corrected chi connectivity index (χ1v) is 9.92. The topological polar surface area (TPSA) is 57.7 Å². The average Bonchev–Trinajstić information content (AvgIpc) is 2.63. The molecular formula is C20H26N2O3S. The molecule has 0 aliphatic carbocycles. The number of aryl methyl sites for hydroxylation is 2. The molecule has 2 rings (SSSR count). The lowest BCUT2D eigenvalue weighted by atomic mass is 10.1. The third-order valence-corrected chi connectivity index (χ3v) is 6.60. The number of hydrogen-bond acceptors (Lipinski definition) is 3. The van der Waals surface area contributed by atoms with Gasteiger partial charge in [0.2, 0.25) is 15.9 Å². The molecule has 0 heterocycles. The Morgan fingerprint density at radius 3 is 2.19 bits per heavy atom. The van der Waals surface area contributed by atoms with E-state index < -0.39 is 10.0 Å². The summed E-state index contributed by atoms with van der Waals surface area (Å²) in [6.45, 7) is 5.52. The summed E-state index contributed by atoms with van der Waals surface area (Å²) in [5.74, 6) is -0.253. The normalized spacial score (nSPS) is 12.8. The van der Waals surface area contributed by atoms with Gasteiger partial charge < -0.3 is 4.90 Å². The van der Waals surface area contributed by atoms with E-state index in [4.69, 9.17) is 0 Å². The maximum atomic E-state index is 12.7. The highest BCUT2D eigenvalue weighted by atomic mass is 32.2. The van der Waals surface area contributed by atoms with E-state index in [1.54, 1.807) is 30.1 Å². The smallest absolute Gasteiger partial charge is 0.243 e. The van der Waals surface area contributed by atoms with E-state index in [0.29, 0.717) is 0 Å². The van der Waals surface area contributed by atoms with E-state index in [1.807, 2.05) is 51.1 Å². The number of nitrogens with zero attached hydrogens (tertiary/aromatic N) is 2. The molecule has 1 amide bonds. The Kier molecular flexibility index (Phi) is 6.21. The van der Waals surface area contributed by atoms with Gasteiger partial charge in [0.05, 0.1) is 17.5 Å². The fourth-order valence-corrected chi connectivity index (χ4v) is 3.82. The molecule has 2 aromatic carbocycles. The monoisotopic (exact) mass is 374 g/mol. The minimum absolute atomic E-state index is 0.138. The zero-order valence-corrected chi connectivity index (χ0v) is 16.7. The second kappa shape index (κ2) is 8.01. The molecule has 0 saturated carbocycles. The molecule has 1 atom stereocenters. The highest BCUT2D eigenvalue weighted by molar-refractivity contribution is 7.89. The number of amides is 1. The van der Waals surface area contributed by atoms with Gasteiger partial charge >= 0.3 is 0 Å². The third kappa shape index (κ3) is 4.31. The van der Waals surface area contributed by atoms with Crippen LogP contribution in [0.1, 0.15) is 29.7 Å². The fourth-order valence-electron chi connectivity index (χ4n) is 2.61. The van der Waals surface area contributed by atoms with Gasteiger partial charge in [-0.3, -0.25) is 4.79 Å². The van der Waals surface area contributed by atoms with E-state index in [1.165, 1.54) is 7.05 Å². The number of benzene rings is 2. The van der Waals surface area contributed by atoms with Crippen LogP contribution in [0.3, 0.4) is 0 Å². The zero-order chi connectivity index (χ0) is 19.5. The van der Waals surface area contributed by atoms with Crippen LogP contribution in [-0.4, -0.2) is 44.2 Å². The van der Waals surface area contributed by atoms with Gasteiger partial charge in [0.1, 0.15) is 0 Å². The van der Waals surface area contributed by atoms with Crippen molar-refractivity contribution in [1.82, 2.24) is 9.21 Å². The van der Waals surface area contributed by atoms with Crippen molar-refractivity contribution >= 4 is 15.9 Å². The Morgan fingerprint density at radius 2 is 1.62 bits per heavy atom. The minimum atomic E-state index is -3.71.